The molecule has 0 bridgehead atoms. The quantitative estimate of drug-likeness (QED) is 0.798. The lowest BCUT2D eigenvalue weighted by atomic mass is 9.99. The molecule has 2 aromatic carbocycles. The number of ether oxygens (including phenoxy) is 1. The number of fused-ring (bicyclic) bond motifs is 1. The number of hydrogen-bond donors (Lipinski definition) is 2. The van der Waals surface area contributed by atoms with Gasteiger partial charge >= 0.3 is 0 Å². The van der Waals surface area contributed by atoms with E-state index in [1.807, 2.05) is 23.1 Å². The Bertz CT molecular complexity index is 779. The van der Waals surface area contributed by atoms with E-state index in [1.54, 1.807) is 25.3 Å². The number of carbonyl (C=O) groups is 1. The van der Waals surface area contributed by atoms with Gasteiger partial charge in [0.2, 0.25) is 5.91 Å². The lowest BCUT2D eigenvalue weighted by Crippen LogP contribution is -2.36. The van der Waals surface area contributed by atoms with Gasteiger partial charge in [-0.25, -0.2) is 0 Å². The first kappa shape index (κ1) is 17.4. The normalized spacial score (nSPS) is 13.3. The number of halogens is 1. The number of nitrogen functional groups attached to an aromatic ring is 1. The van der Waals surface area contributed by atoms with Gasteiger partial charge in [0.25, 0.3) is 0 Å². The van der Waals surface area contributed by atoms with E-state index < -0.39 is 0 Å². The standard InChI is InChI=1S/C19H22ClN3O2/c1-25-18-8-7-13(20)12-16(18)22-10-9-19(24)23-11-3-4-14-15(21)5-2-6-17(14)23/h2,5-8,12,22H,3-4,9-11,21H2,1H3. The zero-order chi connectivity index (χ0) is 17.8. The number of rotatable bonds is 5. The maximum Gasteiger partial charge on any atom is 0.228 e. The fourth-order valence-corrected chi connectivity index (χ4v) is 3.34. The summed E-state index contributed by atoms with van der Waals surface area (Å²) in [4.78, 5) is 14.5. The van der Waals surface area contributed by atoms with Gasteiger partial charge in [0.05, 0.1) is 12.8 Å². The Balaban J connectivity index is 1.65. The number of amides is 1. The average Bonchev–Trinajstić information content (AvgIpc) is 2.62. The molecular formula is C19H22ClN3O2. The fourth-order valence-electron chi connectivity index (χ4n) is 3.17. The Morgan fingerprint density at radius 2 is 2.20 bits per heavy atom. The summed E-state index contributed by atoms with van der Waals surface area (Å²) < 4.78 is 5.30. The van der Waals surface area contributed by atoms with Crippen LogP contribution in [0.2, 0.25) is 5.02 Å². The van der Waals surface area contributed by atoms with Crippen LogP contribution < -0.4 is 20.7 Å². The molecule has 0 radical (unpaired) electrons. The van der Waals surface area contributed by atoms with Crippen LogP contribution in [-0.4, -0.2) is 26.1 Å². The summed E-state index contributed by atoms with van der Waals surface area (Å²) in [5, 5.41) is 3.85. The summed E-state index contributed by atoms with van der Waals surface area (Å²) in [5.74, 6) is 0.785. The highest BCUT2D eigenvalue weighted by molar-refractivity contribution is 6.30. The van der Waals surface area contributed by atoms with Gasteiger partial charge in [0.1, 0.15) is 5.75 Å². The van der Waals surface area contributed by atoms with Crippen LogP contribution >= 0.6 is 11.6 Å². The molecule has 132 valence electrons. The summed E-state index contributed by atoms with van der Waals surface area (Å²) in [6.07, 6.45) is 2.23. The highest BCUT2D eigenvalue weighted by Gasteiger charge is 2.23. The molecule has 1 amide bonds. The second-order valence-corrected chi connectivity index (χ2v) is 6.45. The van der Waals surface area contributed by atoms with E-state index in [0.29, 0.717) is 23.7 Å². The van der Waals surface area contributed by atoms with Crippen LogP contribution in [0, 0.1) is 0 Å². The molecule has 3 N–H and O–H groups in total. The van der Waals surface area contributed by atoms with Crippen LogP contribution in [0.5, 0.6) is 5.75 Å². The summed E-state index contributed by atoms with van der Waals surface area (Å²) in [6, 6.07) is 11.1. The first-order valence-corrected chi connectivity index (χ1v) is 8.73. The van der Waals surface area contributed by atoms with E-state index in [1.165, 1.54) is 0 Å². The molecule has 5 nitrogen and oxygen atoms in total. The van der Waals surface area contributed by atoms with E-state index >= 15 is 0 Å². The van der Waals surface area contributed by atoms with Gasteiger partial charge in [-0.3, -0.25) is 4.79 Å². The minimum Gasteiger partial charge on any atom is -0.495 e. The second-order valence-electron chi connectivity index (χ2n) is 6.02. The van der Waals surface area contributed by atoms with Crippen molar-refractivity contribution in [2.75, 3.05) is 36.1 Å². The summed E-state index contributed by atoms with van der Waals surface area (Å²) in [7, 11) is 1.61. The molecule has 1 aliphatic heterocycles. The smallest absolute Gasteiger partial charge is 0.228 e. The van der Waals surface area contributed by atoms with Gasteiger partial charge < -0.3 is 20.7 Å². The number of anilines is 3. The van der Waals surface area contributed by atoms with Gasteiger partial charge in [-0.15, -0.1) is 0 Å². The van der Waals surface area contributed by atoms with Crippen molar-refractivity contribution in [3.8, 4) is 5.75 Å². The van der Waals surface area contributed by atoms with Crippen LogP contribution in [0.3, 0.4) is 0 Å². The Morgan fingerprint density at radius 1 is 1.36 bits per heavy atom. The number of hydrogen-bond acceptors (Lipinski definition) is 4. The van der Waals surface area contributed by atoms with E-state index in [4.69, 9.17) is 22.1 Å². The van der Waals surface area contributed by atoms with Crippen molar-refractivity contribution in [3.63, 3.8) is 0 Å². The summed E-state index contributed by atoms with van der Waals surface area (Å²) >= 11 is 6.03. The molecule has 3 rings (SSSR count). The molecule has 0 fully saturated rings. The highest BCUT2D eigenvalue weighted by atomic mass is 35.5. The minimum absolute atomic E-state index is 0.0834. The van der Waals surface area contributed by atoms with E-state index in [9.17, 15) is 4.79 Å². The number of nitrogens with one attached hydrogen (secondary N) is 1. The van der Waals surface area contributed by atoms with E-state index in [0.717, 1.165) is 42.0 Å². The number of nitrogens with zero attached hydrogens (tertiary/aromatic N) is 1. The van der Waals surface area contributed by atoms with Gasteiger partial charge in [0, 0.05) is 35.9 Å². The Morgan fingerprint density at radius 3 is 3.00 bits per heavy atom. The summed E-state index contributed by atoms with van der Waals surface area (Å²) in [5.41, 5.74) is 9.61. The van der Waals surface area contributed by atoms with Gasteiger partial charge in [-0.05, 0) is 48.7 Å². The first-order chi connectivity index (χ1) is 12.1. The SMILES string of the molecule is COc1ccc(Cl)cc1NCCC(=O)N1CCCc2c(N)cccc21. The molecule has 0 spiro atoms. The van der Waals surface area contributed by atoms with Crippen molar-refractivity contribution in [1.82, 2.24) is 0 Å². The van der Waals surface area contributed by atoms with E-state index in [2.05, 4.69) is 5.32 Å². The van der Waals surface area contributed by atoms with Crippen LogP contribution in [0.4, 0.5) is 17.1 Å². The topological polar surface area (TPSA) is 67.6 Å². The predicted octanol–water partition coefficient (Wildman–Crippen LogP) is 3.71. The Labute approximate surface area is 152 Å². The van der Waals surface area contributed by atoms with Crippen molar-refractivity contribution in [2.45, 2.75) is 19.3 Å². The monoisotopic (exact) mass is 359 g/mol. The molecule has 0 saturated carbocycles. The van der Waals surface area contributed by atoms with Gasteiger partial charge in [-0.1, -0.05) is 17.7 Å². The van der Waals surface area contributed by atoms with Crippen LogP contribution in [-0.2, 0) is 11.2 Å². The third-order valence-electron chi connectivity index (χ3n) is 4.40. The van der Waals surface area contributed by atoms with Crippen LogP contribution in [0.15, 0.2) is 36.4 Å². The number of carbonyl (C=O) groups excluding carboxylic acids is 1. The molecule has 0 saturated heterocycles. The lowest BCUT2D eigenvalue weighted by molar-refractivity contribution is -0.118. The molecule has 2 aromatic rings. The maximum absolute atomic E-state index is 12.7. The maximum atomic E-state index is 12.7. The van der Waals surface area contributed by atoms with Crippen molar-refractivity contribution in [1.29, 1.82) is 0 Å². The molecule has 1 heterocycles. The predicted molar refractivity (Wildman–Crippen MR) is 103 cm³/mol. The number of nitrogens with two attached hydrogens (primary N) is 1. The highest BCUT2D eigenvalue weighted by Crippen LogP contribution is 2.32. The van der Waals surface area contributed by atoms with Crippen molar-refractivity contribution >= 4 is 34.6 Å². The molecule has 0 atom stereocenters. The van der Waals surface area contributed by atoms with Crippen molar-refractivity contribution < 1.29 is 9.53 Å². The van der Waals surface area contributed by atoms with Gasteiger partial charge in [0.15, 0.2) is 0 Å². The molecular weight excluding hydrogens is 338 g/mol. The molecule has 0 aromatic heterocycles. The molecule has 25 heavy (non-hydrogen) atoms. The third-order valence-corrected chi connectivity index (χ3v) is 4.64. The van der Waals surface area contributed by atoms with E-state index in [-0.39, 0.29) is 5.91 Å². The largest absolute Gasteiger partial charge is 0.495 e. The van der Waals surface area contributed by atoms with Crippen LogP contribution in [0.25, 0.3) is 0 Å². The molecule has 0 unspecified atom stereocenters. The Kier molecular flexibility index (Phi) is 5.34. The van der Waals surface area contributed by atoms with Crippen molar-refractivity contribution in [3.05, 3.63) is 47.0 Å². The van der Waals surface area contributed by atoms with Gasteiger partial charge in [-0.2, -0.15) is 0 Å². The van der Waals surface area contributed by atoms with Crippen LogP contribution in [0.1, 0.15) is 18.4 Å². The number of methoxy groups -OCH3 is 1. The van der Waals surface area contributed by atoms with Crippen molar-refractivity contribution in [2.24, 2.45) is 0 Å². The zero-order valence-electron chi connectivity index (χ0n) is 14.2. The summed E-state index contributed by atoms with van der Waals surface area (Å²) in [6.45, 7) is 1.24. The minimum atomic E-state index is 0.0834. The third kappa shape index (κ3) is 3.82. The second kappa shape index (κ2) is 7.66. The molecule has 0 aliphatic carbocycles. The average molecular weight is 360 g/mol. The first-order valence-electron chi connectivity index (χ1n) is 8.35. The zero-order valence-corrected chi connectivity index (χ0v) is 15.0. The molecule has 6 heteroatoms. The lowest BCUT2D eigenvalue weighted by Gasteiger charge is -2.30. The Hall–Kier alpha value is -2.40. The molecule has 1 aliphatic rings. The number of benzene rings is 2. The fraction of sp³-hybridized carbons (Fsp3) is 0.316.